The van der Waals surface area contributed by atoms with Crippen LogP contribution in [0.3, 0.4) is 0 Å². The minimum absolute atomic E-state index is 0.0175. The molecule has 0 unspecified atom stereocenters. The molecule has 16 heavy (non-hydrogen) atoms. The first-order chi connectivity index (χ1) is 7.44. The molecule has 0 atom stereocenters. The van der Waals surface area contributed by atoms with E-state index in [0.717, 1.165) is 0 Å². The lowest BCUT2D eigenvalue weighted by molar-refractivity contribution is -0.142. The molecule has 0 radical (unpaired) electrons. The second kappa shape index (κ2) is 7.22. The van der Waals surface area contributed by atoms with E-state index in [-0.39, 0.29) is 11.9 Å². The number of hydrogen-bond acceptors (Lipinski definition) is 4. The van der Waals surface area contributed by atoms with Crippen LogP contribution >= 0.6 is 0 Å². The third-order valence-electron chi connectivity index (χ3n) is 2.22. The maximum Gasteiger partial charge on any atom is 0.307 e. The second-order valence-corrected chi connectivity index (χ2v) is 4.19. The molecule has 0 aromatic heterocycles. The summed E-state index contributed by atoms with van der Waals surface area (Å²) >= 11 is 0. The van der Waals surface area contributed by atoms with Crippen molar-refractivity contribution in [3.05, 3.63) is 0 Å². The molecule has 5 heteroatoms. The van der Waals surface area contributed by atoms with Gasteiger partial charge in [0.05, 0.1) is 18.4 Å². The molecule has 0 saturated heterocycles. The summed E-state index contributed by atoms with van der Waals surface area (Å²) in [5.74, 6) is -0.233. The number of esters is 1. The zero-order valence-electron chi connectivity index (χ0n) is 10.6. The highest BCUT2D eigenvalue weighted by molar-refractivity contribution is 5.81. The summed E-state index contributed by atoms with van der Waals surface area (Å²) in [5.41, 5.74) is -0.469. The van der Waals surface area contributed by atoms with E-state index >= 15 is 0 Å². The predicted molar refractivity (Wildman–Crippen MR) is 62.0 cm³/mol. The largest absolute Gasteiger partial charge is 0.466 e. The lowest BCUT2D eigenvalue weighted by Gasteiger charge is -2.22. The van der Waals surface area contributed by atoms with Gasteiger partial charge in [0, 0.05) is 20.1 Å². The van der Waals surface area contributed by atoms with Crippen molar-refractivity contribution in [1.29, 1.82) is 0 Å². The van der Waals surface area contributed by atoms with Crippen LogP contribution in [-0.4, -0.2) is 38.6 Å². The molecule has 0 heterocycles. The fraction of sp³-hybridized carbons (Fsp3) is 0.818. The van der Waals surface area contributed by atoms with E-state index in [1.165, 1.54) is 0 Å². The quantitative estimate of drug-likeness (QED) is 0.487. The van der Waals surface area contributed by atoms with Crippen LogP contribution in [0.25, 0.3) is 0 Å². The summed E-state index contributed by atoms with van der Waals surface area (Å²) in [5, 5.41) is 5.67. The van der Waals surface area contributed by atoms with Gasteiger partial charge in [-0.15, -0.1) is 0 Å². The van der Waals surface area contributed by atoms with Crippen molar-refractivity contribution in [2.45, 2.75) is 27.2 Å². The maximum atomic E-state index is 11.4. The van der Waals surface area contributed by atoms with Gasteiger partial charge in [0.2, 0.25) is 5.91 Å². The first kappa shape index (κ1) is 14.9. The highest BCUT2D eigenvalue weighted by Crippen LogP contribution is 2.12. The van der Waals surface area contributed by atoms with Crippen LogP contribution < -0.4 is 10.6 Å². The Kier molecular flexibility index (Phi) is 6.72. The Bertz CT molecular complexity index is 239. The van der Waals surface area contributed by atoms with Gasteiger partial charge >= 0.3 is 5.97 Å². The topological polar surface area (TPSA) is 67.4 Å². The molecule has 0 bridgehead atoms. The van der Waals surface area contributed by atoms with Crippen molar-refractivity contribution >= 4 is 11.9 Å². The van der Waals surface area contributed by atoms with Crippen molar-refractivity contribution in [1.82, 2.24) is 10.6 Å². The van der Waals surface area contributed by atoms with Crippen molar-refractivity contribution in [2.75, 3.05) is 26.7 Å². The molecule has 0 saturated carbocycles. The van der Waals surface area contributed by atoms with Gasteiger partial charge in [-0.25, -0.2) is 0 Å². The Balaban J connectivity index is 3.73. The Morgan fingerprint density at radius 2 is 1.94 bits per heavy atom. The number of rotatable bonds is 7. The lowest BCUT2D eigenvalue weighted by atomic mass is 9.92. The number of carbonyl (C=O) groups is 2. The molecule has 0 aliphatic rings. The SMILES string of the molecule is CCOC(=O)CCNCC(C)(C)C(=O)NC. The van der Waals surface area contributed by atoms with E-state index in [1.807, 2.05) is 13.8 Å². The molecular weight excluding hydrogens is 208 g/mol. The maximum absolute atomic E-state index is 11.4. The molecule has 0 fully saturated rings. The first-order valence-corrected chi connectivity index (χ1v) is 5.52. The summed E-state index contributed by atoms with van der Waals surface area (Å²) in [6, 6.07) is 0. The Hall–Kier alpha value is -1.10. The average molecular weight is 230 g/mol. The van der Waals surface area contributed by atoms with E-state index in [0.29, 0.717) is 26.1 Å². The predicted octanol–water partition coefficient (Wildman–Crippen LogP) is 0.301. The number of amides is 1. The summed E-state index contributed by atoms with van der Waals surface area (Å²) in [6.45, 7) is 6.94. The van der Waals surface area contributed by atoms with Gasteiger partial charge in [0.25, 0.3) is 0 Å². The number of carbonyl (C=O) groups excluding carboxylic acids is 2. The third-order valence-corrected chi connectivity index (χ3v) is 2.22. The standard InChI is InChI=1S/C11H22N2O3/c1-5-16-9(14)6-7-13-8-11(2,3)10(15)12-4/h13H,5-8H2,1-4H3,(H,12,15). The molecule has 0 aromatic carbocycles. The molecule has 0 aliphatic carbocycles. The Labute approximate surface area is 96.9 Å². The molecule has 94 valence electrons. The Morgan fingerprint density at radius 1 is 1.31 bits per heavy atom. The van der Waals surface area contributed by atoms with Gasteiger partial charge in [0.1, 0.15) is 0 Å². The van der Waals surface area contributed by atoms with Gasteiger partial charge in [-0.3, -0.25) is 9.59 Å². The highest BCUT2D eigenvalue weighted by Gasteiger charge is 2.25. The van der Waals surface area contributed by atoms with Crippen molar-refractivity contribution < 1.29 is 14.3 Å². The van der Waals surface area contributed by atoms with Crippen LogP contribution in [0.1, 0.15) is 27.2 Å². The molecule has 0 aliphatic heterocycles. The highest BCUT2D eigenvalue weighted by atomic mass is 16.5. The van der Waals surface area contributed by atoms with E-state index in [1.54, 1.807) is 14.0 Å². The minimum Gasteiger partial charge on any atom is -0.466 e. The minimum atomic E-state index is -0.469. The van der Waals surface area contributed by atoms with Gasteiger partial charge in [0.15, 0.2) is 0 Å². The van der Waals surface area contributed by atoms with E-state index in [9.17, 15) is 9.59 Å². The molecule has 0 rings (SSSR count). The number of ether oxygens (including phenoxy) is 1. The van der Waals surface area contributed by atoms with Gasteiger partial charge in [-0.2, -0.15) is 0 Å². The lowest BCUT2D eigenvalue weighted by Crippen LogP contribution is -2.42. The smallest absolute Gasteiger partial charge is 0.307 e. The Morgan fingerprint density at radius 3 is 2.44 bits per heavy atom. The van der Waals surface area contributed by atoms with Crippen molar-refractivity contribution in [3.8, 4) is 0 Å². The second-order valence-electron chi connectivity index (χ2n) is 4.19. The fourth-order valence-corrected chi connectivity index (χ4v) is 1.24. The average Bonchev–Trinajstić information content (AvgIpc) is 2.23. The molecule has 5 nitrogen and oxygen atoms in total. The number of nitrogens with one attached hydrogen (secondary N) is 2. The first-order valence-electron chi connectivity index (χ1n) is 5.52. The van der Waals surface area contributed by atoms with E-state index < -0.39 is 5.41 Å². The summed E-state index contributed by atoms with van der Waals surface area (Å²) < 4.78 is 4.78. The van der Waals surface area contributed by atoms with Crippen LogP contribution in [0.4, 0.5) is 0 Å². The van der Waals surface area contributed by atoms with E-state index in [2.05, 4.69) is 10.6 Å². The van der Waals surface area contributed by atoms with Gasteiger partial charge in [-0.1, -0.05) is 0 Å². The van der Waals surface area contributed by atoms with Crippen LogP contribution in [-0.2, 0) is 14.3 Å². The normalized spacial score (nSPS) is 11.0. The summed E-state index contributed by atoms with van der Waals surface area (Å²) in [6.07, 6.45) is 0.331. The van der Waals surface area contributed by atoms with Crippen molar-refractivity contribution in [2.24, 2.45) is 5.41 Å². The molecule has 0 aromatic rings. The number of hydrogen-bond donors (Lipinski definition) is 2. The monoisotopic (exact) mass is 230 g/mol. The van der Waals surface area contributed by atoms with Crippen LogP contribution in [0.5, 0.6) is 0 Å². The van der Waals surface area contributed by atoms with Crippen LogP contribution in [0.2, 0.25) is 0 Å². The van der Waals surface area contributed by atoms with E-state index in [4.69, 9.17) is 4.74 Å². The zero-order chi connectivity index (χ0) is 12.6. The van der Waals surface area contributed by atoms with Crippen LogP contribution in [0.15, 0.2) is 0 Å². The third kappa shape index (κ3) is 5.70. The molecule has 2 N–H and O–H groups in total. The van der Waals surface area contributed by atoms with Crippen molar-refractivity contribution in [3.63, 3.8) is 0 Å². The molecule has 0 spiro atoms. The van der Waals surface area contributed by atoms with Gasteiger partial charge in [-0.05, 0) is 20.8 Å². The zero-order valence-corrected chi connectivity index (χ0v) is 10.6. The summed E-state index contributed by atoms with van der Waals surface area (Å²) in [4.78, 5) is 22.4. The van der Waals surface area contributed by atoms with Gasteiger partial charge < -0.3 is 15.4 Å². The summed E-state index contributed by atoms with van der Waals surface area (Å²) in [7, 11) is 1.61. The molecule has 1 amide bonds. The fourth-order valence-electron chi connectivity index (χ4n) is 1.24. The van der Waals surface area contributed by atoms with Crippen LogP contribution in [0, 0.1) is 5.41 Å². The molecular formula is C11H22N2O3.